The molecule has 72 valence electrons. The van der Waals surface area contributed by atoms with Gasteiger partial charge in [-0.05, 0) is 39.2 Å². The van der Waals surface area contributed by atoms with E-state index in [1.807, 2.05) is 13.8 Å². The second kappa shape index (κ2) is 4.24. The Morgan fingerprint density at radius 3 is 2.75 bits per heavy atom. The van der Waals surface area contributed by atoms with Crippen LogP contribution in [-0.4, -0.2) is 23.3 Å². The van der Waals surface area contributed by atoms with Crippen molar-refractivity contribution in [1.82, 2.24) is 5.32 Å². The van der Waals surface area contributed by atoms with E-state index in [-0.39, 0.29) is 0 Å². The summed E-state index contributed by atoms with van der Waals surface area (Å²) in [4.78, 5) is 0. The largest absolute Gasteiger partial charge is 0.390 e. The molecule has 0 aromatic heterocycles. The Bertz CT molecular complexity index is 128. The average molecular weight is 171 g/mol. The summed E-state index contributed by atoms with van der Waals surface area (Å²) in [6.07, 6.45) is 5.60. The van der Waals surface area contributed by atoms with E-state index in [2.05, 4.69) is 5.32 Å². The van der Waals surface area contributed by atoms with Crippen LogP contribution in [-0.2, 0) is 0 Å². The first kappa shape index (κ1) is 10.0. The van der Waals surface area contributed by atoms with Crippen molar-refractivity contribution in [3.8, 4) is 0 Å². The van der Waals surface area contributed by atoms with E-state index in [1.165, 1.54) is 19.3 Å². The summed E-state index contributed by atoms with van der Waals surface area (Å²) >= 11 is 0. The maximum Gasteiger partial charge on any atom is 0.0632 e. The molecule has 0 aliphatic carbocycles. The molecule has 1 fully saturated rings. The molecule has 2 nitrogen and oxygen atoms in total. The fraction of sp³-hybridized carbons (Fsp3) is 1.00. The molecule has 0 bridgehead atoms. The predicted octanol–water partition coefficient (Wildman–Crippen LogP) is 1.68. The van der Waals surface area contributed by atoms with Gasteiger partial charge in [0.05, 0.1) is 5.60 Å². The molecule has 1 heterocycles. The summed E-state index contributed by atoms with van der Waals surface area (Å²) in [6, 6.07) is 0.550. The van der Waals surface area contributed by atoms with Crippen LogP contribution in [0.3, 0.4) is 0 Å². The van der Waals surface area contributed by atoms with Gasteiger partial charge in [0.1, 0.15) is 0 Å². The van der Waals surface area contributed by atoms with Crippen LogP contribution in [0.2, 0.25) is 0 Å². The zero-order valence-electron chi connectivity index (χ0n) is 8.27. The molecule has 0 radical (unpaired) electrons. The Balaban J connectivity index is 2.28. The molecule has 0 amide bonds. The number of hydrogen-bond acceptors (Lipinski definition) is 2. The molecule has 2 unspecified atom stereocenters. The molecular formula is C10H21NO. The summed E-state index contributed by atoms with van der Waals surface area (Å²) < 4.78 is 0. The molecule has 2 N–H and O–H groups in total. The molecular weight excluding hydrogens is 150 g/mol. The molecule has 0 spiro atoms. The lowest BCUT2D eigenvalue weighted by atomic mass is 9.90. The van der Waals surface area contributed by atoms with Gasteiger partial charge in [-0.15, -0.1) is 0 Å². The number of piperidine rings is 1. The van der Waals surface area contributed by atoms with E-state index in [4.69, 9.17) is 0 Å². The third-order valence-electron chi connectivity index (χ3n) is 2.86. The molecule has 0 aromatic rings. The van der Waals surface area contributed by atoms with Crippen molar-refractivity contribution >= 4 is 0 Å². The molecule has 2 atom stereocenters. The first-order chi connectivity index (χ1) is 5.64. The van der Waals surface area contributed by atoms with Crippen LogP contribution in [0.1, 0.15) is 46.0 Å². The highest BCUT2D eigenvalue weighted by atomic mass is 16.3. The maximum atomic E-state index is 9.84. The monoisotopic (exact) mass is 171 g/mol. The van der Waals surface area contributed by atoms with Crippen LogP contribution in [0.5, 0.6) is 0 Å². The minimum Gasteiger partial charge on any atom is -0.390 e. The lowest BCUT2D eigenvalue weighted by molar-refractivity contribution is 0.0331. The Morgan fingerprint density at radius 1 is 1.50 bits per heavy atom. The zero-order chi connectivity index (χ0) is 9.03. The maximum absolute atomic E-state index is 9.84. The summed E-state index contributed by atoms with van der Waals surface area (Å²) in [5.41, 5.74) is -0.463. The predicted molar refractivity (Wildman–Crippen MR) is 51.2 cm³/mol. The van der Waals surface area contributed by atoms with Crippen LogP contribution in [0.25, 0.3) is 0 Å². The third kappa shape index (κ3) is 3.11. The molecule has 1 aliphatic heterocycles. The minimum absolute atomic E-state index is 0.463. The van der Waals surface area contributed by atoms with Crippen molar-refractivity contribution in [2.24, 2.45) is 0 Å². The first-order valence-electron chi connectivity index (χ1n) is 5.10. The van der Waals surface area contributed by atoms with Gasteiger partial charge in [-0.1, -0.05) is 13.3 Å². The van der Waals surface area contributed by atoms with Gasteiger partial charge in [0, 0.05) is 6.04 Å². The van der Waals surface area contributed by atoms with E-state index in [1.54, 1.807) is 0 Å². The number of nitrogens with one attached hydrogen (secondary N) is 1. The summed E-state index contributed by atoms with van der Waals surface area (Å²) in [5.74, 6) is 0. The van der Waals surface area contributed by atoms with Gasteiger partial charge < -0.3 is 10.4 Å². The highest BCUT2D eigenvalue weighted by Crippen LogP contribution is 2.20. The van der Waals surface area contributed by atoms with Gasteiger partial charge in [0.2, 0.25) is 0 Å². The SMILES string of the molecule is CCC(C)(O)CC1CCCCN1. The van der Waals surface area contributed by atoms with Crippen molar-refractivity contribution in [2.75, 3.05) is 6.54 Å². The van der Waals surface area contributed by atoms with Crippen molar-refractivity contribution in [1.29, 1.82) is 0 Å². The highest BCUT2D eigenvalue weighted by Gasteiger charge is 2.24. The molecule has 1 aliphatic rings. The van der Waals surface area contributed by atoms with Gasteiger partial charge in [-0.25, -0.2) is 0 Å². The summed E-state index contributed by atoms with van der Waals surface area (Å²) in [7, 11) is 0. The van der Waals surface area contributed by atoms with E-state index in [0.717, 1.165) is 19.4 Å². The molecule has 0 aromatic carbocycles. The standard InChI is InChI=1S/C10H21NO/c1-3-10(2,12)8-9-6-4-5-7-11-9/h9,11-12H,3-8H2,1-2H3. The molecule has 1 saturated heterocycles. The summed E-state index contributed by atoms with van der Waals surface area (Å²) in [6.45, 7) is 5.11. The van der Waals surface area contributed by atoms with Gasteiger partial charge in [0.15, 0.2) is 0 Å². The minimum atomic E-state index is -0.463. The van der Waals surface area contributed by atoms with E-state index in [0.29, 0.717) is 6.04 Å². The van der Waals surface area contributed by atoms with E-state index in [9.17, 15) is 5.11 Å². The second-order valence-corrected chi connectivity index (χ2v) is 4.20. The topological polar surface area (TPSA) is 32.3 Å². The van der Waals surface area contributed by atoms with Gasteiger partial charge in [-0.3, -0.25) is 0 Å². The Hall–Kier alpha value is -0.0800. The fourth-order valence-corrected chi connectivity index (χ4v) is 1.77. The number of hydrogen-bond donors (Lipinski definition) is 2. The highest BCUT2D eigenvalue weighted by molar-refractivity contribution is 4.81. The van der Waals surface area contributed by atoms with E-state index >= 15 is 0 Å². The molecule has 12 heavy (non-hydrogen) atoms. The van der Waals surface area contributed by atoms with Gasteiger partial charge in [-0.2, -0.15) is 0 Å². The molecule has 2 heteroatoms. The Labute approximate surface area is 75.4 Å². The first-order valence-corrected chi connectivity index (χ1v) is 5.10. The van der Waals surface area contributed by atoms with Crippen molar-refractivity contribution in [2.45, 2.75) is 57.6 Å². The van der Waals surface area contributed by atoms with Gasteiger partial charge >= 0.3 is 0 Å². The number of rotatable bonds is 3. The van der Waals surface area contributed by atoms with Gasteiger partial charge in [0.25, 0.3) is 0 Å². The quantitative estimate of drug-likeness (QED) is 0.677. The molecule has 0 saturated carbocycles. The van der Waals surface area contributed by atoms with Crippen LogP contribution in [0, 0.1) is 0 Å². The summed E-state index contributed by atoms with van der Waals surface area (Å²) in [5, 5.41) is 13.3. The fourth-order valence-electron chi connectivity index (χ4n) is 1.77. The van der Waals surface area contributed by atoms with Crippen molar-refractivity contribution in [3.63, 3.8) is 0 Å². The Kier molecular flexibility index (Phi) is 3.53. The van der Waals surface area contributed by atoms with Crippen molar-refractivity contribution in [3.05, 3.63) is 0 Å². The van der Waals surface area contributed by atoms with Crippen LogP contribution < -0.4 is 5.32 Å². The molecule has 1 rings (SSSR count). The average Bonchev–Trinajstić information content (AvgIpc) is 2.06. The van der Waals surface area contributed by atoms with Crippen LogP contribution >= 0.6 is 0 Å². The Morgan fingerprint density at radius 2 is 2.25 bits per heavy atom. The number of aliphatic hydroxyl groups is 1. The van der Waals surface area contributed by atoms with Crippen LogP contribution in [0.4, 0.5) is 0 Å². The van der Waals surface area contributed by atoms with Crippen LogP contribution in [0.15, 0.2) is 0 Å². The zero-order valence-corrected chi connectivity index (χ0v) is 8.27. The van der Waals surface area contributed by atoms with E-state index < -0.39 is 5.60 Å². The normalized spacial score (nSPS) is 29.8. The lowest BCUT2D eigenvalue weighted by Gasteiger charge is -2.30. The second-order valence-electron chi connectivity index (χ2n) is 4.20. The smallest absolute Gasteiger partial charge is 0.0632 e. The lowest BCUT2D eigenvalue weighted by Crippen LogP contribution is -2.40. The third-order valence-corrected chi connectivity index (χ3v) is 2.86. The van der Waals surface area contributed by atoms with Crippen molar-refractivity contribution < 1.29 is 5.11 Å².